The van der Waals surface area contributed by atoms with Crippen LogP contribution in [0.1, 0.15) is 38.3 Å². The number of ketones is 1. The Balaban J connectivity index is 1.39. The van der Waals surface area contributed by atoms with Gasteiger partial charge in [0.1, 0.15) is 5.69 Å². The summed E-state index contributed by atoms with van der Waals surface area (Å²) >= 11 is 0. The Morgan fingerprint density at radius 2 is 1.92 bits per heavy atom. The second-order valence-electron chi connectivity index (χ2n) is 8.72. The van der Waals surface area contributed by atoms with Crippen molar-refractivity contribution in [3.05, 3.63) is 107 Å². The van der Waals surface area contributed by atoms with Crippen LogP contribution in [0.5, 0.6) is 0 Å². The molecular weight excluding hydrogens is 493 g/mol. The summed E-state index contributed by atoms with van der Waals surface area (Å²) in [5.41, 5.74) is 3.38. The first-order valence-corrected chi connectivity index (χ1v) is 11.6. The molecule has 0 saturated heterocycles. The summed E-state index contributed by atoms with van der Waals surface area (Å²) in [6.45, 7) is 1.87. The van der Waals surface area contributed by atoms with Crippen LogP contribution in [-0.4, -0.2) is 29.9 Å². The van der Waals surface area contributed by atoms with Gasteiger partial charge >= 0.3 is 6.18 Å². The Morgan fingerprint density at radius 3 is 2.68 bits per heavy atom. The predicted octanol–water partition coefficient (Wildman–Crippen LogP) is 5.36. The minimum absolute atomic E-state index is 0.146. The molecule has 0 spiro atoms. The Labute approximate surface area is 216 Å². The zero-order chi connectivity index (χ0) is 26.9. The molecule has 0 bridgehead atoms. The van der Waals surface area contributed by atoms with Crippen LogP contribution in [0.25, 0.3) is 5.65 Å². The second-order valence-corrected chi connectivity index (χ2v) is 8.72. The maximum atomic E-state index is 13.0. The van der Waals surface area contributed by atoms with Gasteiger partial charge in [-0.25, -0.2) is 9.97 Å². The molecule has 38 heavy (non-hydrogen) atoms. The van der Waals surface area contributed by atoms with Crippen molar-refractivity contribution in [1.82, 2.24) is 24.1 Å². The molecule has 0 radical (unpaired) electrons. The largest absolute Gasteiger partial charge is 0.416 e. The molecule has 5 aromatic rings. The number of anilines is 2. The first-order chi connectivity index (χ1) is 18.2. The average Bonchev–Trinajstić information content (AvgIpc) is 3.49. The van der Waals surface area contributed by atoms with E-state index in [1.54, 1.807) is 52.1 Å². The molecule has 1 N–H and O–H groups in total. The van der Waals surface area contributed by atoms with Crippen LogP contribution in [0.2, 0.25) is 0 Å². The number of Topliss-reactive ketones (excluding diaryl/α,β-unsaturated/α-hetero) is 1. The van der Waals surface area contributed by atoms with E-state index >= 15 is 0 Å². The van der Waals surface area contributed by atoms with Gasteiger partial charge in [-0.2, -0.15) is 18.3 Å². The normalized spacial score (nSPS) is 11.3. The second kappa shape index (κ2) is 9.86. The van der Waals surface area contributed by atoms with Crippen molar-refractivity contribution < 1.29 is 18.0 Å². The van der Waals surface area contributed by atoms with Gasteiger partial charge in [-0.15, -0.1) is 0 Å². The highest BCUT2D eigenvalue weighted by molar-refractivity contribution is 5.98. The number of nitrogens with one attached hydrogen (secondary N) is 1. The molecule has 0 aliphatic carbocycles. The number of rotatable bonds is 5. The number of aromatic nitrogens is 5. The van der Waals surface area contributed by atoms with E-state index in [-0.39, 0.29) is 12.2 Å². The van der Waals surface area contributed by atoms with Gasteiger partial charge in [0.2, 0.25) is 0 Å². The third kappa shape index (κ3) is 5.27. The lowest BCUT2D eigenvalue weighted by atomic mass is 9.98. The van der Waals surface area contributed by atoms with Crippen molar-refractivity contribution >= 4 is 22.9 Å². The molecule has 0 atom stereocenters. The lowest BCUT2D eigenvalue weighted by molar-refractivity contribution is -0.137. The predicted molar refractivity (Wildman–Crippen MR) is 136 cm³/mol. The summed E-state index contributed by atoms with van der Waals surface area (Å²) in [4.78, 5) is 21.7. The summed E-state index contributed by atoms with van der Waals surface area (Å²) in [7, 11) is 1.82. The Kier molecular flexibility index (Phi) is 6.43. The molecule has 7 nitrogen and oxygen atoms in total. The average molecular weight is 515 g/mol. The number of aryl methyl sites for hydroxylation is 2. The molecule has 0 unspecified atom stereocenters. The van der Waals surface area contributed by atoms with E-state index in [1.165, 1.54) is 12.1 Å². The smallest absolute Gasteiger partial charge is 0.335 e. The number of benzene rings is 2. The molecule has 5 rings (SSSR count). The van der Waals surface area contributed by atoms with Crippen LogP contribution < -0.4 is 5.32 Å². The molecule has 0 saturated carbocycles. The van der Waals surface area contributed by atoms with Gasteiger partial charge in [0.05, 0.1) is 23.6 Å². The van der Waals surface area contributed by atoms with E-state index < -0.39 is 11.7 Å². The van der Waals surface area contributed by atoms with Gasteiger partial charge in [-0.05, 0) is 36.1 Å². The van der Waals surface area contributed by atoms with Crippen molar-refractivity contribution in [2.45, 2.75) is 19.5 Å². The van der Waals surface area contributed by atoms with E-state index in [0.29, 0.717) is 33.8 Å². The number of halogens is 3. The molecule has 3 aromatic heterocycles. The quantitative estimate of drug-likeness (QED) is 0.253. The highest BCUT2D eigenvalue weighted by atomic mass is 19.4. The number of nitrogens with zero attached hydrogens (tertiary/aromatic N) is 5. The lowest BCUT2D eigenvalue weighted by Crippen LogP contribution is -2.08. The number of fused-ring (bicyclic) bond motifs is 1. The summed E-state index contributed by atoms with van der Waals surface area (Å²) in [5.74, 6) is 6.46. The maximum Gasteiger partial charge on any atom is 0.416 e. The Morgan fingerprint density at radius 1 is 1.08 bits per heavy atom. The zero-order valence-corrected chi connectivity index (χ0v) is 20.4. The molecule has 3 heterocycles. The third-order valence-corrected chi connectivity index (χ3v) is 5.90. The standard InChI is InChI=1S/C28H21F3N6O/c1-18-6-7-21(25(38)13-19-4-3-5-22(12-19)28(29,30)31)14-20(18)8-9-24-16-33-27-26(32-10-11-37(24)27)35-23-15-34-36(2)17-23/h3-7,10-12,14-17H,13H2,1-2H3,(H,32,35). The van der Waals surface area contributed by atoms with Gasteiger partial charge in [0, 0.05) is 43.2 Å². The topological polar surface area (TPSA) is 77.1 Å². The van der Waals surface area contributed by atoms with Crippen molar-refractivity contribution in [3.63, 3.8) is 0 Å². The van der Waals surface area contributed by atoms with Crippen LogP contribution in [0.4, 0.5) is 24.7 Å². The molecule has 10 heteroatoms. The molecule has 0 aliphatic heterocycles. The molecule has 0 aliphatic rings. The monoisotopic (exact) mass is 514 g/mol. The third-order valence-electron chi connectivity index (χ3n) is 5.90. The van der Waals surface area contributed by atoms with Crippen LogP contribution >= 0.6 is 0 Å². The summed E-state index contributed by atoms with van der Waals surface area (Å²) in [5, 5.41) is 7.32. The van der Waals surface area contributed by atoms with E-state index in [4.69, 9.17) is 0 Å². The highest BCUT2D eigenvalue weighted by Crippen LogP contribution is 2.30. The Hall–Kier alpha value is -4.91. The first-order valence-electron chi connectivity index (χ1n) is 11.6. The van der Waals surface area contributed by atoms with Gasteiger partial charge in [-0.3, -0.25) is 13.9 Å². The van der Waals surface area contributed by atoms with E-state index in [1.807, 2.05) is 20.2 Å². The number of carbonyl (C=O) groups is 1. The summed E-state index contributed by atoms with van der Waals surface area (Å²) in [6, 6.07) is 9.91. The van der Waals surface area contributed by atoms with Crippen LogP contribution in [-0.2, 0) is 19.6 Å². The molecule has 0 amide bonds. The van der Waals surface area contributed by atoms with Gasteiger partial charge in [-0.1, -0.05) is 36.3 Å². The molecular formula is C28H21F3N6O. The van der Waals surface area contributed by atoms with Crippen molar-refractivity contribution in [2.24, 2.45) is 7.05 Å². The van der Waals surface area contributed by atoms with Crippen molar-refractivity contribution in [1.29, 1.82) is 0 Å². The van der Waals surface area contributed by atoms with E-state index in [0.717, 1.165) is 23.4 Å². The van der Waals surface area contributed by atoms with Crippen molar-refractivity contribution in [2.75, 3.05) is 5.32 Å². The maximum absolute atomic E-state index is 13.0. The zero-order valence-electron chi connectivity index (χ0n) is 20.4. The SMILES string of the molecule is Cc1ccc(C(=O)Cc2cccc(C(F)(F)F)c2)cc1C#Cc1cnc2c(Nc3cnn(C)c3)nccn12. The fourth-order valence-electron chi connectivity index (χ4n) is 3.93. The molecule has 0 fully saturated rings. The molecule has 2 aromatic carbocycles. The summed E-state index contributed by atoms with van der Waals surface area (Å²) < 4.78 is 42.6. The lowest BCUT2D eigenvalue weighted by Gasteiger charge is -2.09. The highest BCUT2D eigenvalue weighted by Gasteiger charge is 2.30. The number of hydrogen-bond acceptors (Lipinski definition) is 5. The van der Waals surface area contributed by atoms with E-state index in [2.05, 4.69) is 32.2 Å². The first kappa shape index (κ1) is 24.8. The van der Waals surface area contributed by atoms with Crippen LogP contribution in [0, 0.1) is 18.8 Å². The van der Waals surface area contributed by atoms with Gasteiger partial charge < -0.3 is 5.32 Å². The fraction of sp³-hybridized carbons (Fsp3) is 0.143. The van der Waals surface area contributed by atoms with E-state index in [9.17, 15) is 18.0 Å². The number of imidazole rings is 1. The van der Waals surface area contributed by atoms with Crippen LogP contribution in [0.3, 0.4) is 0 Å². The van der Waals surface area contributed by atoms with Gasteiger partial charge in [0.25, 0.3) is 0 Å². The number of alkyl halides is 3. The van der Waals surface area contributed by atoms with Crippen LogP contribution in [0.15, 0.2) is 73.4 Å². The Bertz CT molecular complexity index is 1720. The number of hydrogen-bond donors (Lipinski definition) is 1. The fourth-order valence-corrected chi connectivity index (χ4v) is 3.93. The minimum Gasteiger partial charge on any atom is -0.335 e. The molecule has 190 valence electrons. The minimum atomic E-state index is -4.46. The number of carbonyl (C=O) groups excluding carboxylic acids is 1. The summed E-state index contributed by atoms with van der Waals surface area (Å²) in [6.07, 6.45) is 3.91. The van der Waals surface area contributed by atoms with Gasteiger partial charge in [0.15, 0.2) is 17.2 Å². The van der Waals surface area contributed by atoms with Crippen molar-refractivity contribution in [3.8, 4) is 11.8 Å².